The predicted octanol–water partition coefficient (Wildman–Crippen LogP) is 4.38. The maximum absolute atomic E-state index is 12.6. The van der Waals surface area contributed by atoms with Crippen LogP contribution in [0, 0.1) is 5.92 Å². The molecule has 9 heteroatoms. The van der Waals surface area contributed by atoms with Crippen molar-refractivity contribution in [2.75, 3.05) is 10.0 Å². The largest absolute Gasteiger partial charge is 0.321 e. The predicted molar refractivity (Wildman–Crippen MR) is 113 cm³/mol. The summed E-state index contributed by atoms with van der Waals surface area (Å²) in [5, 5.41) is 4.86. The van der Waals surface area contributed by atoms with Crippen LogP contribution in [0.25, 0.3) is 0 Å². The standard InChI is InChI=1S/C19H19N3O3S3/c1-12-2-7-16-13(10-12)11-17(27-16)18(23)21-14-3-5-15(6-4-14)28(24,25)22-19-20-8-9-26-19/h3-6,8-9,11-12H,2,7,10H2,1H3,(H,20,22)(H,21,23)/t12-/m0/s1. The molecule has 1 atom stereocenters. The van der Waals surface area contributed by atoms with E-state index in [1.54, 1.807) is 28.8 Å². The third-order valence-electron chi connectivity index (χ3n) is 4.63. The van der Waals surface area contributed by atoms with Crippen molar-refractivity contribution in [3.05, 3.63) is 57.2 Å². The molecule has 0 aliphatic heterocycles. The SMILES string of the molecule is C[C@H]1CCc2sc(C(=O)Nc3ccc(S(=O)(=O)Nc4nccs4)cc3)cc2C1. The molecular formula is C19H19N3O3S3. The molecule has 28 heavy (non-hydrogen) atoms. The number of aromatic nitrogens is 1. The summed E-state index contributed by atoms with van der Waals surface area (Å²) in [5.41, 5.74) is 1.83. The molecule has 6 nitrogen and oxygen atoms in total. The Morgan fingerprint density at radius 3 is 2.75 bits per heavy atom. The topological polar surface area (TPSA) is 88.2 Å². The highest BCUT2D eigenvalue weighted by Crippen LogP contribution is 2.32. The molecule has 0 bridgehead atoms. The first-order chi connectivity index (χ1) is 13.4. The summed E-state index contributed by atoms with van der Waals surface area (Å²) in [4.78, 5) is 18.6. The van der Waals surface area contributed by atoms with Crippen molar-refractivity contribution in [3.63, 3.8) is 0 Å². The summed E-state index contributed by atoms with van der Waals surface area (Å²) in [7, 11) is -3.70. The second-order valence-electron chi connectivity index (χ2n) is 6.83. The Morgan fingerprint density at radius 1 is 1.25 bits per heavy atom. The molecule has 0 spiro atoms. The van der Waals surface area contributed by atoms with Crippen LogP contribution >= 0.6 is 22.7 Å². The summed E-state index contributed by atoms with van der Waals surface area (Å²) >= 11 is 2.76. The number of hydrogen-bond donors (Lipinski definition) is 2. The van der Waals surface area contributed by atoms with Crippen LogP contribution in [0.2, 0.25) is 0 Å². The third-order valence-corrected chi connectivity index (χ3v) is 8.04. The van der Waals surface area contributed by atoms with Crippen molar-refractivity contribution >= 4 is 49.4 Å². The van der Waals surface area contributed by atoms with E-state index in [-0.39, 0.29) is 10.8 Å². The van der Waals surface area contributed by atoms with E-state index < -0.39 is 10.0 Å². The minimum Gasteiger partial charge on any atom is -0.321 e. The van der Waals surface area contributed by atoms with Crippen LogP contribution in [0.4, 0.5) is 10.8 Å². The number of rotatable bonds is 5. The van der Waals surface area contributed by atoms with Crippen LogP contribution < -0.4 is 10.0 Å². The molecule has 1 amide bonds. The molecule has 0 saturated carbocycles. The fourth-order valence-corrected chi connectivity index (χ4v) is 6.07. The van der Waals surface area contributed by atoms with E-state index in [2.05, 4.69) is 21.9 Å². The lowest BCUT2D eigenvalue weighted by atomic mass is 9.90. The molecule has 0 saturated heterocycles. The van der Waals surface area contributed by atoms with E-state index in [0.717, 1.165) is 12.8 Å². The molecule has 2 N–H and O–H groups in total. The lowest BCUT2D eigenvalue weighted by Gasteiger charge is -2.16. The Hall–Kier alpha value is -2.23. The molecule has 1 aliphatic rings. The van der Waals surface area contributed by atoms with Gasteiger partial charge in [0, 0.05) is 22.1 Å². The second-order valence-corrected chi connectivity index (χ2v) is 10.5. The van der Waals surface area contributed by atoms with Gasteiger partial charge in [-0.05, 0) is 61.1 Å². The van der Waals surface area contributed by atoms with Gasteiger partial charge in [0.05, 0.1) is 9.77 Å². The maximum atomic E-state index is 12.6. The zero-order valence-electron chi connectivity index (χ0n) is 15.1. The molecule has 2 heterocycles. The number of thiophene rings is 1. The fraction of sp³-hybridized carbons (Fsp3) is 0.263. The number of anilines is 2. The highest BCUT2D eigenvalue weighted by atomic mass is 32.2. The summed E-state index contributed by atoms with van der Waals surface area (Å²) in [6.07, 6.45) is 4.76. The van der Waals surface area contributed by atoms with Gasteiger partial charge < -0.3 is 5.32 Å². The van der Waals surface area contributed by atoms with Crippen LogP contribution in [-0.2, 0) is 22.9 Å². The van der Waals surface area contributed by atoms with Gasteiger partial charge in [-0.2, -0.15) is 0 Å². The number of carbonyl (C=O) groups excluding carboxylic acids is 1. The van der Waals surface area contributed by atoms with E-state index in [1.807, 2.05) is 6.07 Å². The average molecular weight is 434 g/mol. The van der Waals surface area contributed by atoms with Crippen LogP contribution in [0.1, 0.15) is 33.5 Å². The lowest BCUT2D eigenvalue weighted by molar-refractivity contribution is 0.103. The summed E-state index contributed by atoms with van der Waals surface area (Å²) in [6.45, 7) is 2.24. The molecular weight excluding hydrogens is 414 g/mol. The first kappa shape index (κ1) is 19.1. The van der Waals surface area contributed by atoms with E-state index in [0.29, 0.717) is 21.6 Å². The number of sulfonamides is 1. The van der Waals surface area contributed by atoms with E-state index >= 15 is 0 Å². The highest BCUT2D eigenvalue weighted by Gasteiger charge is 2.21. The van der Waals surface area contributed by atoms with Gasteiger partial charge in [0.25, 0.3) is 15.9 Å². The van der Waals surface area contributed by atoms with Gasteiger partial charge in [-0.1, -0.05) is 6.92 Å². The maximum Gasteiger partial charge on any atom is 0.265 e. The molecule has 4 rings (SSSR count). The van der Waals surface area contributed by atoms with Gasteiger partial charge >= 0.3 is 0 Å². The van der Waals surface area contributed by atoms with E-state index in [1.165, 1.54) is 46.5 Å². The van der Waals surface area contributed by atoms with Crippen molar-refractivity contribution < 1.29 is 13.2 Å². The molecule has 1 aromatic carbocycles. The Bertz CT molecular complexity index is 1090. The van der Waals surface area contributed by atoms with E-state index in [9.17, 15) is 13.2 Å². The van der Waals surface area contributed by atoms with Gasteiger partial charge in [0.1, 0.15) is 0 Å². The van der Waals surface area contributed by atoms with E-state index in [4.69, 9.17) is 0 Å². The Labute approximate surface area is 171 Å². The molecule has 1 aliphatic carbocycles. The van der Waals surface area contributed by atoms with Gasteiger partial charge in [-0.25, -0.2) is 13.4 Å². The monoisotopic (exact) mass is 433 g/mol. The Kier molecular flexibility index (Phi) is 5.22. The number of benzene rings is 1. The number of hydrogen-bond acceptors (Lipinski definition) is 6. The van der Waals surface area contributed by atoms with Gasteiger partial charge in [0.2, 0.25) is 0 Å². The normalized spacial score (nSPS) is 16.4. The third kappa shape index (κ3) is 4.11. The highest BCUT2D eigenvalue weighted by molar-refractivity contribution is 7.93. The van der Waals surface area contributed by atoms with Crippen LogP contribution in [0.15, 0.2) is 46.8 Å². The summed E-state index contributed by atoms with van der Waals surface area (Å²) < 4.78 is 27.2. The zero-order chi connectivity index (χ0) is 19.7. The molecule has 2 aromatic heterocycles. The average Bonchev–Trinajstić information content (AvgIpc) is 3.31. The molecule has 146 valence electrons. The second kappa shape index (κ2) is 7.65. The van der Waals surface area contributed by atoms with Gasteiger partial charge in [-0.3, -0.25) is 9.52 Å². The first-order valence-corrected chi connectivity index (χ1v) is 12.0. The van der Waals surface area contributed by atoms with Gasteiger partial charge in [0.15, 0.2) is 5.13 Å². The lowest BCUT2D eigenvalue weighted by Crippen LogP contribution is -2.13. The summed E-state index contributed by atoms with van der Waals surface area (Å²) in [5.74, 6) is 0.495. The fourth-order valence-electron chi connectivity index (χ4n) is 3.18. The van der Waals surface area contributed by atoms with Crippen molar-refractivity contribution in [2.45, 2.75) is 31.1 Å². The molecule has 3 aromatic rings. The zero-order valence-corrected chi connectivity index (χ0v) is 17.6. The minimum atomic E-state index is -3.70. The van der Waals surface area contributed by atoms with Crippen LogP contribution in [0.3, 0.4) is 0 Å². The Balaban J connectivity index is 1.45. The number of nitrogens with one attached hydrogen (secondary N) is 2. The number of thiazole rings is 1. The number of nitrogens with zero attached hydrogens (tertiary/aromatic N) is 1. The van der Waals surface area contributed by atoms with Crippen molar-refractivity contribution in [1.82, 2.24) is 4.98 Å². The number of carbonyl (C=O) groups is 1. The number of fused-ring (bicyclic) bond motifs is 1. The number of amides is 1. The van der Waals surface area contributed by atoms with Gasteiger partial charge in [-0.15, -0.1) is 22.7 Å². The number of aryl methyl sites for hydroxylation is 1. The van der Waals surface area contributed by atoms with Crippen molar-refractivity contribution in [2.24, 2.45) is 5.92 Å². The van der Waals surface area contributed by atoms with Crippen LogP contribution in [-0.4, -0.2) is 19.3 Å². The Morgan fingerprint density at radius 2 is 2.04 bits per heavy atom. The quantitative estimate of drug-likeness (QED) is 0.625. The van der Waals surface area contributed by atoms with Crippen molar-refractivity contribution in [1.29, 1.82) is 0 Å². The molecule has 0 radical (unpaired) electrons. The minimum absolute atomic E-state index is 0.112. The smallest absolute Gasteiger partial charge is 0.265 e. The van der Waals surface area contributed by atoms with Crippen molar-refractivity contribution in [3.8, 4) is 0 Å². The first-order valence-electron chi connectivity index (χ1n) is 8.86. The van der Waals surface area contributed by atoms with Crippen LogP contribution in [0.5, 0.6) is 0 Å². The molecule has 0 fully saturated rings. The summed E-state index contributed by atoms with van der Waals surface area (Å²) in [6, 6.07) is 8.09. The molecule has 0 unspecified atom stereocenters.